The second-order valence-corrected chi connectivity index (χ2v) is 7.31. The summed E-state index contributed by atoms with van der Waals surface area (Å²) in [4.78, 5) is 19.0. The van der Waals surface area contributed by atoms with Gasteiger partial charge in [0.25, 0.3) is 0 Å². The SMILES string of the molecule is O=C(NCc1ccccc1F)N1CCN(c2ccccc2N2CCOCC2)CC1. The van der Waals surface area contributed by atoms with Crippen molar-refractivity contribution in [2.24, 2.45) is 0 Å². The van der Waals surface area contributed by atoms with Crippen LogP contribution in [-0.2, 0) is 11.3 Å². The topological polar surface area (TPSA) is 48.1 Å². The van der Waals surface area contributed by atoms with Crippen molar-refractivity contribution in [3.8, 4) is 0 Å². The fraction of sp³-hybridized carbons (Fsp3) is 0.409. The predicted octanol–water partition coefficient (Wildman–Crippen LogP) is 2.69. The van der Waals surface area contributed by atoms with E-state index < -0.39 is 0 Å². The van der Waals surface area contributed by atoms with Crippen molar-refractivity contribution >= 4 is 17.4 Å². The number of anilines is 2. The molecule has 0 unspecified atom stereocenters. The Morgan fingerprint density at radius 1 is 0.862 bits per heavy atom. The number of nitrogens with one attached hydrogen (secondary N) is 1. The number of ether oxygens (including phenoxy) is 1. The van der Waals surface area contributed by atoms with Gasteiger partial charge in [-0.3, -0.25) is 0 Å². The van der Waals surface area contributed by atoms with E-state index in [-0.39, 0.29) is 18.4 Å². The lowest BCUT2D eigenvalue weighted by Crippen LogP contribution is -2.52. The van der Waals surface area contributed by atoms with Crippen LogP contribution in [0.25, 0.3) is 0 Å². The highest BCUT2D eigenvalue weighted by molar-refractivity contribution is 5.75. The van der Waals surface area contributed by atoms with Crippen molar-refractivity contribution in [1.82, 2.24) is 10.2 Å². The molecule has 2 saturated heterocycles. The normalized spacial score (nSPS) is 17.3. The van der Waals surface area contributed by atoms with Gasteiger partial charge >= 0.3 is 6.03 Å². The number of amides is 2. The van der Waals surface area contributed by atoms with Crippen molar-refractivity contribution in [2.45, 2.75) is 6.54 Å². The average Bonchev–Trinajstić information content (AvgIpc) is 2.79. The number of rotatable bonds is 4. The Labute approximate surface area is 170 Å². The number of morpholine rings is 1. The molecule has 0 saturated carbocycles. The van der Waals surface area contributed by atoms with Crippen LogP contribution in [0, 0.1) is 5.82 Å². The molecule has 0 bridgehead atoms. The summed E-state index contributed by atoms with van der Waals surface area (Å²) in [6, 6.07) is 14.8. The third-order valence-corrected chi connectivity index (χ3v) is 5.53. The molecule has 2 amide bonds. The molecule has 2 aliphatic heterocycles. The van der Waals surface area contributed by atoms with Crippen LogP contribution < -0.4 is 15.1 Å². The maximum Gasteiger partial charge on any atom is 0.317 e. The zero-order chi connectivity index (χ0) is 20.1. The van der Waals surface area contributed by atoms with Gasteiger partial charge in [0.1, 0.15) is 5.82 Å². The predicted molar refractivity (Wildman–Crippen MR) is 112 cm³/mol. The molecule has 29 heavy (non-hydrogen) atoms. The van der Waals surface area contributed by atoms with Crippen LogP contribution in [0.2, 0.25) is 0 Å². The quantitative estimate of drug-likeness (QED) is 0.860. The zero-order valence-electron chi connectivity index (χ0n) is 16.5. The Hall–Kier alpha value is -2.80. The molecule has 0 atom stereocenters. The minimum Gasteiger partial charge on any atom is -0.378 e. The summed E-state index contributed by atoms with van der Waals surface area (Å²) >= 11 is 0. The molecule has 154 valence electrons. The lowest BCUT2D eigenvalue weighted by Gasteiger charge is -2.39. The number of piperazine rings is 1. The van der Waals surface area contributed by atoms with Crippen LogP contribution in [0.5, 0.6) is 0 Å². The van der Waals surface area contributed by atoms with E-state index >= 15 is 0 Å². The summed E-state index contributed by atoms with van der Waals surface area (Å²) in [6.45, 7) is 6.33. The molecule has 0 aliphatic carbocycles. The van der Waals surface area contributed by atoms with Crippen molar-refractivity contribution in [3.63, 3.8) is 0 Å². The first-order valence-electron chi connectivity index (χ1n) is 10.2. The first-order chi connectivity index (χ1) is 14.2. The Bertz CT molecular complexity index is 833. The van der Waals surface area contributed by atoms with Gasteiger partial charge in [-0.25, -0.2) is 9.18 Å². The van der Waals surface area contributed by atoms with Gasteiger partial charge in [0.05, 0.1) is 24.6 Å². The number of para-hydroxylation sites is 2. The summed E-state index contributed by atoms with van der Waals surface area (Å²) in [5.41, 5.74) is 2.94. The van der Waals surface area contributed by atoms with E-state index in [0.717, 1.165) is 39.4 Å². The molecular formula is C22H27FN4O2. The van der Waals surface area contributed by atoms with Gasteiger partial charge < -0.3 is 24.8 Å². The Balaban J connectivity index is 1.34. The largest absolute Gasteiger partial charge is 0.378 e. The number of urea groups is 1. The van der Waals surface area contributed by atoms with Gasteiger partial charge in [-0.2, -0.15) is 0 Å². The Kier molecular flexibility index (Phi) is 6.14. The fourth-order valence-electron chi connectivity index (χ4n) is 3.88. The number of carbonyl (C=O) groups is 1. The number of carbonyl (C=O) groups excluding carboxylic acids is 1. The number of hydrogen-bond donors (Lipinski definition) is 1. The molecule has 2 aromatic carbocycles. The zero-order valence-corrected chi connectivity index (χ0v) is 16.5. The van der Waals surface area contributed by atoms with Gasteiger partial charge in [0.2, 0.25) is 0 Å². The number of hydrogen-bond acceptors (Lipinski definition) is 4. The van der Waals surface area contributed by atoms with Crippen molar-refractivity contribution in [3.05, 3.63) is 59.9 Å². The highest BCUT2D eigenvalue weighted by Gasteiger charge is 2.24. The highest BCUT2D eigenvalue weighted by Crippen LogP contribution is 2.30. The molecule has 1 N–H and O–H groups in total. The lowest BCUT2D eigenvalue weighted by molar-refractivity contribution is 0.122. The number of halogens is 1. The second-order valence-electron chi connectivity index (χ2n) is 7.31. The monoisotopic (exact) mass is 398 g/mol. The molecule has 7 heteroatoms. The molecule has 6 nitrogen and oxygen atoms in total. The van der Waals surface area contributed by atoms with Gasteiger partial charge in [-0.15, -0.1) is 0 Å². The van der Waals surface area contributed by atoms with Crippen LogP contribution in [-0.4, -0.2) is 63.4 Å². The maximum atomic E-state index is 13.7. The van der Waals surface area contributed by atoms with Crippen LogP contribution >= 0.6 is 0 Å². The van der Waals surface area contributed by atoms with Gasteiger partial charge in [-0.1, -0.05) is 30.3 Å². The Morgan fingerprint density at radius 2 is 1.45 bits per heavy atom. The van der Waals surface area contributed by atoms with Crippen LogP contribution in [0.4, 0.5) is 20.6 Å². The first kappa shape index (κ1) is 19.5. The van der Waals surface area contributed by atoms with E-state index in [9.17, 15) is 9.18 Å². The average molecular weight is 398 g/mol. The molecule has 2 fully saturated rings. The molecular weight excluding hydrogens is 371 g/mol. The van der Waals surface area contributed by atoms with Crippen molar-refractivity contribution < 1.29 is 13.9 Å². The first-order valence-corrected chi connectivity index (χ1v) is 10.2. The summed E-state index contributed by atoms with van der Waals surface area (Å²) in [5.74, 6) is -0.294. The summed E-state index contributed by atoms with van der Waals surface area (Å²) < 4.78 is 19.2. The summed E-state index contributed by atoms with van der Waals surface area (Å²) in [6.07, 6.45) is 0. The van der Waals surface area contributed by atoms with Gasteiger partial charge in [-0.05, 0) is 18.2 Å². The fourth-order valence-corrected chi connectivity index (χ4v) is 3.88. The van der Waals surface area contributed by atoms with Crippen molar-refractivity contribution in [1.29, 1.82) is 0 Å². The Morgan fingerprint density at radius 3 is 2.10 bits per heavy atom. The van der Waals surface area contributed by atoms with Gasteiger partial charge in [0.15, 0.2) is 0 Å². The van der Waals surface area contributed by atoms with E-state index in [1.54, 1.807) is 23.1 Å². The van der Waals surface area contributed by atoms with Crippen molar-refractivity contribution in [2.75, 3.05) is 62.3 Å². The molecule has 2 aliphatic rings. The lowest BCUT2D eigenvalue weighted by atomic mass is 10.2. The van der Waals surface area contributed by atoms with E-state index in [2.05, 4.69) is 39.4 Å². The highest BCUT2D eigenvalue weighted by atomic mass is 19.1. The number of benzene rings is 2. The van der Waals surface area contributed by atoms with Gasteiger partial charge in [0, 0.05) is 51.4 Å². The van der Waals surface area contributed by atoms with Crippen LogP contribution in [0.15, 0.2) is 48.5 Å². The standard InChI is InChI=1S/C22H27FN4O2/c23-19-6-2-1-5-18(19)17-24-22(28)27-11-9-25(10-12-27)20-7-3-4-8-21(20)26-13-15-29-16-14-26/h1-8H,9-17H2,(H,24,28). The second kappa shape index (κ2) is 9.13. The van der Waals surface area contributed by atoms with E-state index in [1.165, 1.54) is 17.4 Å². The number of nitrogens with zero attached hydrogens (tertiary/aromatic N) is 3. The molecule has 0 spiro atoms. The summed E-state index contributed by atoms with van der Waals surface area (Å²) in [7, 11) is 0. The van der Waals surface area contributed by atoms with Crippen LogP contribution in [0.3, 0.4) is 0 Å². The van der Waals surface area contributed by atoms with Crippen LogP contribution in [0.1, 0.15) is 5.56 Å². The molecule has 0 radical (unpaired) electrons. The third kappa shape index (κ3) is 4.62. The minimum atomic E-state index is -0.294. The van der Waals surface area contributed by atoms with E-state index in [0.29, 0.717) is 18.7 Å². The smallest absolute Gasteiger partial charge is 0.317 e. The van der Waals surface area contributed by atoms with E-state index in [4.69, 9.17) is 4.74 Å². The molecule has 0 aromatic heterocycles. The maximum absolute atomic E-state index is 13.7. The molecule has 4 rings (SSSR count). The molecule has 2 heterocycles. The molecule has 2 aromatic rings. The third-order valence-electron chi connectivity index (χ3n) is 5.53. The van der Waals surface area contributed by atoms with E-state index in [1.807, 2.05) is 0 Å². The summed E-state index contributed by atoms with van der Waals surface area (Å²) in [5, 5.41) is 2.83. The minimum absolute atomic E-state index is 0.144.